The average molecular weight is 229 g/mol. The molecule has 1 atom stereocenters. The number of benzene rings is 1. The lowest BCUT2D eigenvalue weighted by Crippen LogP contribution is -2.28. The van der Waals surface area contributed by atoms with Crippen LogP contribution in [0.5, 0.6) is 0 Å². The zero-order valence-corrected chi connectivity index (χ0v) is 9.60. The molecule has 2 nitrogen and oxygen atoms in total. The van der Waals surface area contributed by atoms with Crippen LogP contribution in [-0.4, -0.2) is 25.0 Å². The van der Waals surface area contributed by atoms with Crippen molar-refractivity contribution in [2.45, 2.75) is 17.9 Å². The van der Waals surface area contributed by atoms with Crippen LogP contribution in [0.2, 0.25) is 0 Å². The summed E-state index contributed by atoms with van der Waals surface area (Å²) in [6, 6.07) is 6.52. The molecule has 0 fully saturated rings. The minimum atomic E-state index is -0.210. The van der Waals surface area contributed by atoms with Gasteiger partial charge in [0.05, 0.1) is 6.61 Å². The summed E-state index contributed by atoms with van der Waals surface area (Å²) in [5, 5.41) is 0. The summed E-state index contributed by atoms with van der Waals surface area (Å²) in [6.07, 6.45) is 0. The van der Waals surface area contributed by atoms with Crippen molar-refractivity contribution in [2.75, 3.05) is 19.0 Å². The zero-order valence-electron chi connectivity index (χ0n) is 8.78. The molecule has 0 aliphatic heterocycles. The number of rotatable bonds is 6. The third-order valence-corrected chi connectivity index (χ3v) is 2.98. The molecule has 4 heteroatoms. The van der Waals surface area contributed by atoms with Crippen LogP contribution in [0.1, 0.15) is 6.92 Å². The van der Waals surface area contributed by atoms with Crippen molar-refractivity contribution < 1.29 is 9.13 Å². The third-order valence-electron chi connectivity index (χ3n) is 1.80. The maximum absolute atomic E-state index is 12.8. The monoisotopic (exact) mass is 229 g/mol. The molecule has 84 valence electrons. The number of ether oxygens (including phenoxy) is 1. The summed E-state index contributed by atoms with van der Waals surface area (Å²) >= 11 is 1.55. The summed E-state index contributed by atoms with van der Waals surface area (Å²) in [5.41, 5.74) is 5.81. The van der Waals surface area contributed by atoms with Crippen molar-refractivity contribution in [3.05, 3.63) is 30.1 Å². The van der Waals surface area contributed by atoms with E-state index in [9.17, 15) is 4.39 Å². The Bertz CT molecular complexity index is 296. The molecule has 0 spiro atoms. The van der Waals surface area contributed by atoms with Gasteiger partial charge in [-0.2, -0.15) is 0 Å². The van der Waals surface area contributed by atoms with Gasteiger partial charge in [0.15, 0.2) is 0 Å². The standard InChI is InChI=1S/C11H16FNOS/c1-2-14-7-10(13)8-15-11-5-3-4-9(12)6-11/h3-6,10H,2,7-8,13H2,1H3. The molecule has 1 aromatic rings. The van der Waals surface area contributed by atoms with Crippen LogP contribution < -0.4 is 5.73 Å². The highest BCUT2D eigenvalue weighted by atomic mass is 32.2. The number of halogens is 1. The van der Waals surface area contributed by atoms with Gasteiger partial charge in [-0.3, -0.25) is 0 Å². The van der Waals surface area contributed by atoms with E-state index in [1.165, 1.54) is 12.1 Å². The van der Waals surface area contributed by atoms with Gasteiger partial charge in [0, 0.05) is 23.3 Å². The fourth-order valence-corrected chi connectivity index (χ4v) is 1.95. The van der Waals surface area contributed by atoms with Crippen molar-refractivity contribution in [1.29, 1.82) is 0 Å². The fraction of sp³-hybridized carbons (Fsp3) is 0.455. The lowest BCUT2D eigenvalue weighted by atomic mass is 10.3. The predicted molar refractivity (Wildman–Crippen MR) is 61.6 cm³/mol. The van der Waals surface area contributed by atoms with E-state index in [2.05, 4.69) is 0 Å². The van der Waals surface area contributed by atoms with Crippen LogP contribution in [0.3, 0.4) is 0 Å². The molecule has 0 bridgehead atoms. The molecular formula is C11H16FNOS. The van der Waals surface area contributed by atoms with Crippen LogP contribution in [0.15, 0.2) is 29.2 Å². The second kappa shape index (κ2) is 6.82. The van der Waals surface area contributed by atoms with Crippen LogP contribution in [0.25, 0.3) is 0 Å². The van der Waals surface area contributed by atoms with Gasteiger partial charge in [-0.15, -0.1) is 11.8 Å². The molecule has 0 saturated heterocycles. The highest BCUT2D eigenvalue weighted by molar-refractivity contribution is 7.99. The highest BCUT2D eigenvalue weighted by Crippen LogP contribution is 2.18. The maximum Gasteiger partial charge on any atom is 0.124 e. The van der Waals surface area contributed by atoms with Gasteiger partial charge in [-0.25, -0.2) is 4.39 Å². The van der Waals surface area contributed by atoms with E-state index in [4.69, 9.17) is 10.5 Å². The third kappa shape index (κ3) is 5.16. The minimum absolute atomic E-state index is 0.00165. The lowest BCUT2D eigenvalue weighted by Gasteiger charge is -2.10. The van der Waals surface area contributed by atoms with E-state index in [1.54, 1.807) is 17.8 Å². The van der Waals surface area contributed by atoms with E-state index in [0.717, 1.165) is 10.6 Å². The molecule has 1 rings (SSSR count). The summed E-state index contributed by atoms with van der Waals surface area (Å²) in [4.78, 5) is 0.905. The molecule has 0 aliphatic carbocycles. The first-order chi connectivity index (χ1) is 7.22. The van der Waals surface area contributed by atoms with E-state index >= 15 is 0 Å². The van der Waals surface area contributed by atoms with Gasteiger partial charge in [0.25, 0.3) is 0 Å². The van der Waals surface area contributed by atoms with Crippen molar-refractivity contribution >= 4 is 11.8 Å². The summed E-state index contributed by atoms with van der Waals surface area (Å²) in [5.74, 6) is 0.530. The van der Waals surface area contributed by atoms with E-state index in [-0.39, 0.29) is 11.9 Å². The first-order valence-corrected chi connectivity index (χ1v) is 5.92. The van der Waals surface area contributed by atoms with Gasteiger partial charge < -0.3 is 10.5 Å². The van der Waals surface area contributed by atoms with Crippen LogP contribution in [0, 0.1) is 5.82 Å². The second-order valence-corrected chi connectivity index (χ2v) is 4.28. The van der Waals surface area contributed by atoms with Crippen molar-refractivity contribution in [3.8, 4) is 0 Å². The Kier molecular flexibility index (Phi) is 5.68. The molecular weight excluding hydrogens is 213 g/mol. The van der Waals surface area contributed by atoms with E-state index in [0.29, 0.717) is 13.2 Å². The minimum Gasteiger partial charge on any atom is -0.380 e. The van der Waals surface area contributed by atoms with Gasteiger partial charge >= 0.3 is 0 Å². The Morgan fingerprint density at radius 3 is 3.00 bits per heavy atom. The first-order valence-electron chi connectivity index (χ1n) is 4.94. The molecule has 1 unspecified atom stereocenters. The topological polar surface area (TPSA) is 35.2 Å². The number of hydrogen-bond donors (Lipinski definition) is 1. The van der Waals surface area contributed by atoms with Crippen LogP contribution in [0.4, 0.5) is 4.39 Å². The molecule has 0 aliphatic rings. The maximum atomic E-state index is 12.8. The Hall–Kier alpha value is -0.580. The largest absolute Gasteiger partial charge is 0.380 e. The normalized spacial score (nSPS) is 12.7. The van der Waals surface area contributed by atoms with Gasteiger partial charge in [0.2, 0.25) is 0 Å². The molecule has 1 aromatic carbocycles. The van der Waals surface area contributed by atoms with Crippen molar-refractivity contribution in [2.24, 2.45) is 5.73 Å². The summed E-state index contributed by atoms with van der Waals surface area (Å²) in [6.45, 7) is 3.17. The van der Waals surface area contributed by atoms with Crippen molar-refractivity contribution in [3.63, 3.8) is 0 Å². The zero-order chi connectivity index (χ0) is 11.1. The molecule has 0 heterocycles. The molecule has 15 heavy (non-hydrogen) atoms. The SMILES string of the molecule is CCOCC(N)CSc1cccc(F)c1. The smallest absolute Gasteiger partial charge is 0.124 e. The van der Waals surface area contributed by atoms with Gasteiger partial charge in [-0.05, 0) is 25.1 Å². The second-order valence-electron chi connectivity index (χ2n) is 3.19. The number of nitrogens with two attached hydrogens (primary N) is 1. The number of hydrogen-bond acceptors (Lipinski definition) is 3. The molecule has 0 radical (unpaired) electrons. The summed E-state index contributed by atoms with van der Waals surface area (Å²) in [7, 11) is 0. The first kappa shape index (κ1) is 12.5. The van der Waals surface area contributed by atoms with E-state index in [1.807, 2.05) is 13.0 Å². The molecule has 0 aromatic heterocycles. The lowest BCUT2D eigenvalue weighted by molar-refractivity contribution is 0.138. The quantitative estimate of drug-likeness (QED) is 0.760. The van der Waals surface area contributed by atoms with Crippen LogP contribution >= 0.6 is 11.8 Å². The predicted octanol–water partition coefficient (Wildman–Crippen LogP) is 2.28. The Morgan fingerprint density at radius 1 is 1.53 bits per heavy atom. The highest BCUT2D eigenvalue weighted by Gasteiger charge is 2.03. The Morgan fingerprint density at radius 2 is 2.33 bits per heavy atom. The number of thioether (sulfide) groups is 1. The molecule has 0 amide bonds. The van der Waals surface area contributed by atoms with Crippen molar-refractivity contribution in [1.82, 2.24) is 0 Å². The van der Waals surface area contributed by atoms with E-state index < -0.39 is 0 Å². The van der Waals surface area contributed by atoms with Crippen LogP contribution in [-0.2, 0) is 4.74 Å². The van der Waals surface area contributed by atoms with Gasteiger partial charge in [0.1, 0.15) is 5.82 Å². The molecule has 0 saturated carbocycles. The fourth-order valence-electron chi connectivity index (χ4n) is 1.08. The Balaban J connectivity index is 2.30. The average Bonchev–Trinajstić information content (AvgIpc) is 2.23. The Labute approximate surface area is 94.0 Å². The van der Waals surface area contributed by atoms with Gasteiger partial charge in [-0.1, -0.05) is 6.07 Å². The molecule has 2 N–H and O–H groups in total. The summed E-state index contributed by atoms with van der Waals surface area (Å²) < 4.78 is 18.0.